The van der Waals surface area contributed by atoms with E-state index in [1.165, 1.54) is 4.88 Å². The maximum atomic E-state index is 12.0. The molecule has 2 aromatic rings. The zero-order valence-electron chi connectivity index (χ0n) is 13.3. The van der Waals surface area contributed by atoms with Gasteiger partial charge in [0.1, 0.15) is 0 Å². The molecule has 2 N–H and O–H groups in total. The monoisotopic (exact) mass is 342 g/mol. The number of hydrogen-bond acceptors (Lipinski definition) is 4. The Morgan fingerprint density at radius 2 is 1.96 bits per heavy atom. The highest BCUT2D eigenvalue weighted by Crippen LogP contribution is 2.20. The van der Waals surface area contributed by atoms with Crippen LogP contribution in [0.4, 0.5) is 5.69 Å². The maximum Gasteiger partial charge on any atom is 0.230 e. The van der Waals surface area contributed by atoms with Crippen molar-refractivity contribution in [3.8, 4) is 0 Å². The third-order valence-electron chi connectivity index (χ3n) is 3.92. The van der Waals surface area contributed by atoms with Crippen molar-refractivity contribution in [1.29, 1.82) is 0 Å². The number of anilines is 1. The minimum absolute atomic E-state index is 0.0506. The molecular formula is C18H18N2O3S. The highest BCUT2D eigenvalue weighted by atomic mass is 32.1. The number of imide groups is 1. The van der Waals surface area contributed by atoms with Crippen molar-refractivity contribution >= 4 is 34.7 Å². The molecule has 1 aromatic heterocycles. The number of benzene rings is 1. The second-order valence-corrected chi connectivity index (χ2v) is 7.32. The second kappa shape index (κ2) is 6.97. The lowest BCUT2D eigenvalue weighted by molar-refractivity contribution is -0.125. The number of carbonyl (C=O) groups excluding carboxylic acids is 3. The van der Waals surface area contributed by atoms with Gasteiger partial charge in [0.25, 0.3) is 0 Å². The summed E-state index contributed by atoms with van der Waals surface area (Å²) in [6, 6.07) is 11.4. The summed E-state index contributed by atoms with van der Waals surface area (Å²) in [7, 11) is 0. The van der Waals surface area contributed by atoms with E-state index in [1.54, 1.807) is 11.3 Å². The largest absolute Gasteiger partial charge is 0.326 e. The zero-order valence-corrected chi connectivity index (χ0v) is 14.1. The fourth-order valence-corrected chi connectivity index (χ4v) is 3.61. The van der Waals surface area contributed by atoms with E-state index in [9.17, 15) is 14.4 Å². The molecule has 0 radical (unpaired) electrons. The van der Waals surface area contributed by atoms with Crippen LogP contribution in [0.15, 0.2) is 36.4 Å². The molecule has 3 amide bonds. The molecule has 1 unspecified atom stereocenters. The molecule has 3 rings (SSSR count). The van der Waals surface area contributed by atoms with Gasteiger partial charge in [-0.15, -0.1) is 11.3 Å². The maximum absolute atomic E-state index is 12.0. The normalized spacial score (nSPS) is 17.0. The van der Waals surface area contributed by atoms with Crippen molar-refractivity contribution in [3.05, 3.63) is 51.7 Å². The van der Waals surface area contributed by atoms with Crippen LogP contribution in [0.25, 0.3) is 0 Å². The second-order valence-electron chi connectivity index (χ2n) is 5.95. The number of thiophene rings is 1. The number of nitrogens with one attached hydrogen (secondary N) is 2. The van der Waals surface area contributed by atoms with Gasteiger partial charge in [0, 0.05) is 21.9 Å². The van der Waals surface area contributed by atoms with E-state index in [0.29, 0.717) is 12.8 Å². The van der Waals surface area contributed by atoms with Crippen molar-refractivity contribution in [1.82, 2.24) is 5.32 Å². The summed E-state index contributed by atoms with van der Waals surface area (Å²) < 4.78 is 0. The van der Waals surface area contributed by atoms with Crippen molar-refractivity contribution in [3.63, 3.8) is 0 Å². The molecule has 1 aliphatic heterocycles. The summed E-state index contributed by atoms with van der Waals surface area (Å²) in [6.45, 7) is 2.02. The molecule has 124 valence electrons. The van der Waals surface area contributed by atoms with Gasteiger partial charge >= 0.3 is 0 Å². The van der Waals surface area contributed by atoms with E-state index in [-0.39, 0.29) is 30.1 Å². The van der Waals surface area contributed by atoms with Crippen molar-refractivity contribution in [2.45, 2.75) is 26.2 Å². The van der Waals surface area contributed by atoms with E-state index in [4.69, 9.17) is 0 Å². The van der Waals surface area contributed by atoms with Crippen LogP contribution in [0.1, 0.15) is 21.7 Å². The Morgan fingerprint density at radius 3 is 2.54 bits per heavy atom. The molecule has 1 atom stereocenters. The van der Waals surface area contributed by atoms with E-state index in [1.807, 2.05) is 43.3 Å². The lowest BCUT2D eigenvalue weighted by Gasteiger charge is -2.08. The molecular weight excluding hydrogens is 324 g/mol. The molecule has 6 heteroatoms. The first kappa shape index (κ1) is 16.4. The van der Waals surface area contributed by atoms with Crippen molar-refractivity contribution in [2.24, 2.45) is 5.92 Å². The number of amides is 3. The Kier molecular flexibility index (Phi) is 4.76. The highest BCUT2D eigenvalue weighted by Gasteiger charge is 2.30. The first-order valence-corrected chi connectivity index (χ1v) is 8.59. The first-order valence-electron chi connectivity index (χ1n) is 7.77. The lowest BCUT2D eigenvalue weighted by atomic mass is 9.98. The minimum atomic E-state index is -0.292. The van der Waals surface area contributed by atoms with Gasteiger partial charge in [-0.2, -0.15) is 0 Å². The van der Waals surface area contributed by atoms with Crippen LogP contribution in [0, 0.1) is 12.8 Å². The number of carbonyl (C=O) groups is 3. The number of hydrogen-bond donors (Lipinski definition) is 2. The molecule has 0 bridgehead atoms. The standard InChI is InChI=1S/C18H18N2O3S/c1-11-2-7-15(24-11)10-17(22)19-14-5-3-12(4-6-14)8-13-9-16(21)20-18(13)23/h2-7,13H,8-10H2,1H3,(H,19,22)(H,20,21,23). The summed E-state index contributed by atoms with van der Waals surface area (Å²) in [4.78, 5) is 37.1. The number of rotatable bonds is 5. The molecule has 1 aliphatic rings. The van der Waals surface area contributed by atoms with Gasteiger partial charge in [-0.05, 0) is 43.2 Å². The molecule has 0 spiro atoms. The Hall–Kier alpha value is -2.47. The lowest BCUT2D eigenvalue weighted by Crippen LogP contribution is -2.22. The molecule has 1 fully saturated rings. The topological polar surface area (TPSA) is 75.3 Å². The van der Waals surface area contributed by atoms with Gasteiger partial charge in [0.15, 0.2) is 0 Å². The van der Waals surface area contributed by atoms with Gasteiger partial charge in [-0.1, -0.05) is 12.1 Å². The SMILES string of the molecule is Cc1ccc(CC(=O)Nc2ccc(CC3CC(=O)NC3=O)cc2)s1. The van der Waals surface area contributed by atoms with E-state index in [2.05, 4.69) is 10.6 Å². The van der Waals surface area contributed by atoms with Gasteiger partial charge in [-0.25, -0.2) is 0 Å². The molecule has 1 aromatic carbocycles. The first-order chi connectivity index (χ1) is 11.5. The van der Waals surface area contributed by atoms with Gasteiger partial charge in [-0.3, -0.25) is 19.7 Å². The summed E-state index contributed by atoms with van der Waals surface area (Å²) in [5.41, 5.74) is 1.70. The fraction of sp³-hybridized carbons (Fsp3) is 0.278. The smallest absolute Gasteiger partial charge is 0.230 e. The fourth-order valence-electron chi connectivity index (χ4n) is 2.72. The van der Waals surface area contributed by atoms with Crippen molar-refractivity contribution in [2.75, 3.05) is 5.32 Å². The molecule has 0 saturated carbocycles. The van der Waals surface area contributed by atoms with Crippen LogP contribution in [0.5, 0.6) is 0 Å². The molecule has 2 heterocycles. The van der Waals surface area contributed by atoms with Gasteiger partial charge in [0.05, 0.1) is 12.3 Å². The minimum Gasteiger partial charge on any atom is -0.326 e. The summed E-state index contributed by atoms with van der Waals surface area (Å²) in [5.74, 6) is -0.758. The summed E-state index contributed by atoms with van der Waals surface area (Å²) >= 11 is 1.62. The quantitative estimate of drug-likeness (QED) is 0.820. The van der Waals surface area contributed by atoms with E-state index < -0.39 is 0 Å². The van der Waals surface area contributed by atoms with Gasteiger partial charge < -0.3 is 5.32 Å². The van der Waals surface area contributed by atoms with Crippen LogP contribution in [-0.2, 0) is 27.2 Å². The predicted octanol–water partition coefficient (Wildman–Crippen LogP) is 2.44. The molecule has 5 nitrogen and oxygen atoms in total. The predicted molar refractivity (Wildman–Crippen MR) is 92.8 cm³/mol. The number of aryl methyl sites for hydroxylation is 1. The molecule has 24 heavy (non-hydrogen) atoms. The van der Waals surface area contributed by atoms with Crippen LogP contribution >= 0.6 is 11.3 Å². The third kappa shape index (κ3) is 4.08. The molecule has 1 saturated heterocycles. The highest BCUT2D eigenvalue weighted by molar-refractivity contribution is 7.12. The average molecular weight is 342 g/mol. The van der Waals surface area contributed by atoms with Crippen LogP contribution in [-0.4, -0.2) is 17.7 Å². The van der Waals surface area contributed by atoms with Crippen LogP contribution in [0.3, 0.4) is 0 Å². The summed E-state index contributed by atoms with van der Waals surface area (Å²) in [5, 5.41) is 5.19. The summed E-state index contributed by atoms with van der Waals surface area (Å²) in [6.07, 6.45) is 1.14. The van der Waals surface area contributed by atoms with Crippen LogP contribution in [0.2, 0.25) is 0 Å². The average Bonchev–Trinajstić information content (AvgIpc) is 3.06. The van der Waals surface area contributed by atoms with E-state index >= 15 is 0 Å². The zero-order chi connectivity index (χ0) is 17.1. The Labute approximate surface area is 144 Å². The Balaban J connectivity index is 1.55. The molecule has 0 aliphatic carbocycles. The van der Waals surface area contributed by atoms with Crippen molar-refractivity contribution < 1.29 is 14.4 Å². The van der Waals surface area contributed by atoms with Crippen LogP contribution < -0.4 is 10.6 Å². The van der Waals surface area contributed by atoms with E-state index in [0.717, 1.165) is 16.1 Å². The van der Waals surface area contributed by atoms with Gasteiger partial charge in [0.2, 0.25) is 17.7 Å². The Morgan fingerprint density at radius 1 is 1.21 bits per heavy atom. The third-order valence-corrected chi connectivity index (χ3v) is 4.92. The Bertz CT molecular complexity index is 780.